The van der Waals surface area contributed by atoms with Crippen molar-refractivity contribution < 1.29 is 39.2 Å². The maximum absolute atomic E-state index is 11.3. The van der Waals surface area contributed by atoms with Crippen LogP contribution in [0.5, 0.6) is 11.5 Å². The van der Waals surface area contributed by atoms with E-state index >= 15 is 0 Å². The van der Waals surface area contributed by atoms with Crippen LogP contribution in [0.3, 0.4) is 0 Å². The summed E-state index contributed by atoms with van der Waals surface area (Å²) in [6, 6.07) is 23.6. The fourth-order valence-electron chi connectivity index (χ4n) is 2.18. The third-order valence-corrected chi connectivity index (χ3v) is 5.39. The van der Waals surface area contributed by atoms with E-state index in [2.05, 4.69) is 9.98 Å². The van der Waals surface area contributed by atoms with Crippen LogP contribution in [0.1, 0.15) is 30.0 Å². The van der Waals surface area contributed by atoms with E-state index in [-0.39, 0.29) is 55.8 Å². The fourth-order valence-corrected chi connectivity index (χ4v) is 3.36. The molecule has 10 heteroatoms. The monoisotopic (exact) mass is 520 g/mol. The molecule has 184 valence electrons. The van der Waals surface area contributed by atoms with Crippen molar-refractivity contribution in [3.63, 3.8) is 0 Å². The number of nitrogens with one attached hydrogen (secondary N) is 1. The number of hydrogen-bond donors (Lipinski definition) is 2. The summed E-state index contributed by atoms with van der Waals surface area (Å²) in [6.07, 6.45) is 4.35. The summed E-state index contributed by atoms with van der Waals surface area (Å²) < 4.78 is 0. The third kappa shape index (κ3) is 16.7. The number of phenolic OH excluding ortho intramolecular Hbond substituents is 1. The molecule has 2 radical (unpaired) electrons. The van der Waals surface area contributed by atoms with E-state index in [0.717, 1.165) is 16.2 Å². The summed E-state index contributed by atoms with van der Waals surface area (Å²) in [7, 11) is 0. The van der Waals surface area contributed by atoms with Gasteiger partial charge in [-0.1, -0.05) is 55.8 Å². The van der Waals surface area contributed by atoms with Gasteiger partial charge in [0, 0.05) is 24.1 Å². The van der Waals surface area contributed by atoms with Gasteiger partial charge in [-0.05, 0) is 40.8 Å². The Balaban J connectivity index is 0. The van der Waals surface area contributed by atoms with E-state index in [0.29, 0.717) is 11.4 Å². The van der Waals surface area contributed by atoms with E-state index in [1.165, 1.54) is 6.92 Å². The molecular formula is C27H28Li2N3O3S2-. The molecule has 2 aromatic heterocycles. The summed E-state index contributed by atoms with van der Waals surface area (Å²) in [5, 5.41) is 41.3. The molecule has 6 nitrogen and oxygen atoms in total. The molecule has 0 saturated carbocycles. The van der Waals surface area contributed by atoms with Crippen molar-refractivity contribution in [2.75, 3.05) is 6.61 Å². The van der Waals surface area contributed by atoms with Crippen LogP contribution < -0.4 is 34.1 Å². The summed E-state index contributed by atoms with van der Waals surface area (Å²) in [5.74, 6) is 0.223. The van der Waals surface area contributed by atoms with Crippen molar-refractivity contribution in [3.8, 4) is 17.6 Å². The predicted octanol–water partition coefficient (Wildman–Crippen LogP) is 0.767. The molecule has 0 aliphatic heterocycles. The van der Waals surface area contributed by atoms with E-state index in [4.69, 9.17) is 5.26 Å². The average Bonchev–Trinajstić information content (AvgIpc) is 3.59. The largest absolute Gasteiger partial charge is 1.00 e. The van der Waals surface area contributed by atoms with Gasteiger partial charge in [0.05, 0.1) is 10.9 Å². The van der Waals surface area contributed by atoms with Crippen molar-refractivity contribution in [2.24, 2.45) is 4.99 Å². The molecule has 2 aromatic carbocycles. The van der Waals surface area contributed by atoms with Gasteiger partial charge in [0.15, 0.2) is 11.9 Å². The van der Waals surface area contributed by atoms with Crippen molar-refractivity contribution in [3.05, 3.63) is 93.3 Å². The van der Waals surface area contributed by atoms with Gasteiger partial charge >= 0.3 is 18.9 Å². The average molecular weight is 521 g/mol. The number of aliphatic imine (C=N–C) groups is 1. The van der Waals surface area contributed by atoms with Crippen LogP contribution in [-0.4, -0.2) is 43.0 Å². The second kappa shape index (κ2) is 23.8. The van der Waals surface area contributed by atoms with Crippen LogP contribution in [0.15, 0.2) is 88.5 Å². The molecule has 0 aliphatic carbocycles. The zero-order chi connectivity index (χ0) is 25.7. The van der Waals surface area contributed by atoms with E-state index in [1.807, 2.05) is 60.3 Å². The number of nitrogens with zero attached hydrogens (tertiary/aromatic N) is 2. The first kappa shape index (κ1) is 36.6. The van der Waals surface area contributed by atoms with E-state index < -0.39 is 0 Å². The molecule has 4 rings (SSSR count). The van der Waals surface area contributed by atoms with Gasteiger partial charge in [-0.3, -0.25) is 4.99 Å². The quantitative estimate of drug-likeness (QED) is 0.299. The molecule has 0 spiro atoms. The van der Waals surface area contributed by atoms with Crippen LogP contribution in [0.2, 0.25) is 0 Å². The molecule has 0 amide bonds. The maximum atomic E-state index is 11.3. The number of benzene rings is 2. The second-order valence-corrected chi connectivity index (χ2v) is 8.45. The smallest absolute Gasteiger partial charge is 1.00 e. The summed E-state index contributed by atoms with van der Waals surface area (Å²) in [5.41, 5.74) is 1.21. The number of thiophene rings is 2. The third-order valence-electron chi connectivity index (χ3n) is 3.76. The first-order chi connectivity index (χ1) is 17.0. The van der Waals surface area contributed by atoms with Gasteiger partial charge in [-0.15, -0.1) is 29.3 Å². The Morgan fingerprint density at radius 3 is 2.03 bits per heavy atom. The summed E-state index contributed by atoms with van der Waals surface area (Å²) in [4.78, 5) is 9.35. The van der Waals surface area contributed by atoms with Gasteiger partial charge in [0.1, 0.15) is 11.4 Å². The normalized spacial score (nSPS) is 9.24. The fraction of sp³-hybridized carbons (Fsp3) is 0.148. The number of nitriles is 1. The number of phenols is 1. The minimum Gasteiger partial charge on any atom is -1.00 e. The van der Waals surface area contributed by atoms with Crippen LogP contribution >= 0.6 is 22.7 Å². The molecule has 0 fully saturated rings. The van der Waals surface area contributed by atoms with Crippen molar-refractivity contribution >= 4 is 65.3 Å². The Labute approximate surface area is 251 Å². The standard InChI is InChI=1S/2C11H9NOS.C3H7O.C2H3N.2Li/c2*13-11-6-2-1-5-10(11)12-8-9-4-3-7-14-9;1-2-3-4;1-2-3;;/h2*1-8,13H;2-3H2,1H3;1H3;;/q;;-1;;-1;+1. The first-order valence-electron chi connectivity index (χ1n) is 10.7. The topological polar surface area (TPSA) is 116 Å². The molecule has 4 aromatic rings. The van der Waals surface area contributed by atoms with Gasteiger partial charge in [-0.2, -0.15) is 5.26 Å². The van der Waals surface area contributed by atoms with Crippen LogP contribution in [-0.2, 0) is 0 Å². The maximum Gasteiger partial charge on any atom is 1.00 e. The molecule has 0 atom stereocenters. The molecule has 0 aliphatic rings. The number of hydrogen-bond acceptors (Lipinski definition) is 7. The Morgan fingerprint density at radius 2 is 1.51 bits per heavy atom. The number of rotatable bonds is 5. The minimum absolute atomic E-state index is 0. The zero-order valence-electron chi connectivity index (χ0n) is 21.6. The zero-order valence-corrected chi connectivity index (χ0v) is 23.3. The van der Waals surface area contributed by atoms with Crippen molar-refractivity contribution in [1.29, 1.82) is 5.26 Å². The van der Waals surface area contributed by atoms with Crippen LogP contribution in [0, 0.1) is 11.3 Å². The first-order valence-corrected chi connectivity index (χ1v) is 12.4. The molecular weight excluding hydrogens is 492 g/mol. The van der Waals surface area contributed by atoms with Crippen molar-refractivity contribution in [1.82, 2.24) is 0 Å². The molecule has 2 heterocycles. The van der Waals surface area contributed by atoms with Gasteiger partial charge in [0.2, 0.25) is 0 Å². The predicted molar refractivity (Wildman–Crippen MR) is 148 cm³/mol. The van der Waals surface area contributed by atoms with Gasteiger partial charge in [-0.25, -0.2) is 4.99 Å². The molecule has 0 bridgehead atoms. The Hall–Kier alpha value is -2.58. The van der Waals surface area contributed by atoms with E-state index in [1.54, 1.807) is 71.4 Å². The number of para-hydroxylation sites is 4. The van der Waals surface area contributed by atoms with Gasteiger partial charge in [0.25, 0.3) is 0 Å². The van der Waals surface area contributed by atoms with Crippen LogP contribution in [0.4, 0.5) is 11.4 Å². The Bertz CT molecular complexity index is 1090. The van der Waals surface area contributed by atoms with Gasteiger partial charge < -0.3 is 34.2 Å². The molecule has 2 N–H and O–H groups in total. The molecule has 37 heavy (non-hydrogen) atoms. The minimum atomic E-state index is 0. The Morgan fingerprint density at radius 1 is 0.973 bits per heavy atom. The SMILES string of the molecule is CC#N.CCC[O-].Oc1ccccc1N=Cc1cccs1.[Li+].[Li-].[O-]c1ccccc1[NH+]=Cc1cccs1. The van der Waals surface area contributed by atoms with E-state index in [9.17, 15) is 15.3 Å². The summed E-state index contributed by atoms with van der Waals surface area (Å²) >= 11 is 3.25. The van der Waals surface area contributed by atoms with Crippen molar-refractivity contribution in [2.45, 2.75) is 20.3 Å². The summed E-state index contributed by atoms with van der Waals surface area (Å²) in [6.45, 7) is 3.37. The van der Waals surface area contributed by atoms with Crippen LogP contribution in [0.25, 0.3) is 0 Å². The Kier molecular flexibility index (Phi) is 23.5. The molecule has 0 unspecified atom stereocenters. The second-order valence-electron chi connectivity index (χ2n) is 6.49. The number of aromatic hydroxyl groups is 1. The molecule has 0 saturated heterocycles.